The van der Waals surface area contributed by atoms with Crippen LogP contribution in [0.4, 0.5) is 17.1 Å². The summed E-state index contributed by atoms with van der Waals surface area (Å²) in [5.41, 5.74) is 17.1. The summed E-state index contributed by atoms with van der Waals surface area (Å²) >= 11 is 0. The lowest BCUT2D eigenvalue weighted by Crippen LogP contribution is -2.09. The quantitative estimate of drug-likeness (QED) is 0.160. The molecule has 1 heterocycles. The Morgan fingerprint density at radius 2 is 0.650 bits per heavy atom. The van der Waals surface area contributed by atoms with Crippen molar-refractivity contribution in [3.05, 3.63) is 237 Å². The van der Waals surface area contributed by atoms with E-state index in [1.54, 1.807) is 0 Å². The highest BCUT2D eigenvalue weighted by Gasteiger charge is 2.27. The maximum absolute atomic E-state index is 7.00. The van der Waals surface area contributed by atoms with Crippen LogP contribution in [-0.2, 0) is 0 Å². The summed E-state index contributed by atoms with van der Waals surface area (Å²) in [4.78, 5) is 2.34. The summed E-state index contributed by atoms with van der Waals surface area (Å²) in [5.74, 6) is 1.70. The molecule has 0 fully saturated rings. The summed E-state index contributed by atoms with van der Waals surface area (Å²) in [6.07, 6.45) is 0. The molecule has 0 saturated heterocycles. The van der Waals surface area contributed by atoms with Crippen LogP contribution >= 0.6 is 0 Å². The summed E-state index contributed by atoms with van der Waals surface area (Å²) in [5, 5.41) is 2.34. The molecule has 0 aliphatic carbocycles. The molecule has 1 aliphatic rings. The molecule has 282 valence electrons. The van der Waals surface area contributed by atoms with Crippen LogP contribution in [0.25, 0.3) is 77.5 Å². The predicted octanol–water partition coefficient (Wildman–Crippen LogP) is 16.4. The molecule has 0 radical (unpaired) electrons. The Labute approximate surface area is 350 Å². The highest BCUT2D eigenvalue weighted by atomic mass is 16.5. The van der Waals surface area contributed by atoms with Crippen molar-refractivity contribution < 1.29 is 4.74 Å². The second kappa shape index (κ2) is 15.1. The second-order valence-electron chi connectivity index (χ2n) is 15.3. The van der Waals surface area contributed by atoms with Gasteiger partial charge in [-0.3, -0.25) is 0 Å². The third-order valence-electron chi connectivity index (χ3n) is 11.7. The van der Waals surface area contributed by atoms with Crippen molar-refractivity contribution >= 4 is 27.8 Å². The van der Waals surface area contributed by atoms with E-state index < -0.39 is 0 Å². The van der Waals surface area contributed by atoms with Gasteiger partial charge in [0.1, 0.15) is 11.5 Å². The Balaban J connectivity index is 1.04. The minimum Gasteiger partial charge on any atom is -0.456 e. The molecule has 0 atom stereocenters. The summed E-state index contributed by atoms with van der Waals surface area (Å²) < 4.78 is 7.00. The Hall–Kier alpha value is -7.94. The molecule has 0 N–H and O–H groups in total. The summed E-state index contributed by atoms with van der Waals surface area (Å²) in [7, 11) is 0. The van der Waals surface area contributed by atoms with Gasteiger partial charge < -0.3 is 9.64 Å². The molecule has 0 saturated carbocycles. The molecule has 0 bridgehead atoms. The zero-order valence-electron chi connectivity index (χ0n) is 32.9. The molecule has 0 spiro atoms. The van der Waals surface area contributed by atoms with Gasteiger partial charge in [0.15, 0.2) is 0 Å². The van der Waals surface area contributed by atoms with Crippen molar-refractivity contribution in [2.75, 3.05) is 4.90 Å². The van der Waals surface area contributed by atoms with Crippen molar-refractivity contribution in [2.45, 2.75) is 0 Å². The van der Waals surface area contributed by atoms with Gasteiger partial charge in [-0.2, -0.15) is 0 Å². The Bertz CT molecular complexity index is 3040. The molecule has 0 amide bonds. The Kier molecular flexibility index (Phi) is 8.87. The zero-order chi connectivity index (χ0) is 39.8. The molecule has 2 heteroatoms. The minimum absolute atomic E-state index is 0.843. The van der Waals surface area contributed by atoms with Crippen molar-refractivity contribution in [3.8, 4) is 78.3 Å². The number of nitrogens with zero attached hydrogens (tertiary/aromatic N) is 1. The van der Waals surface area contributed by atoms with E-state index in [2.05, 4.69) is 241 Å². The molecule has 2 nitrogen and oxygen atoms in total. The lowest BCUT2D eigenvalue weighted by atomic mass is 9.84. The van der Waals surface area contributed by atoms with Gasteiger partial charge in [0.25, 0.3) is 0 Å². The van der Waals surface area contributed by atoms with Crippen LogP contribution in [0.3, 0.4) is 0 Å². The predicted molar refractivity (Wildman–Crippen MR) is 251 cm³/mol. The fourth-order valence-corrected chi connectivity index (χ4v) is 8.77. The van der Waals surface area contributed by atoms with Gasteiger partial charge in [-0.05, 0) is 115 Å². The first kappa shape index (κ1) is 35.2. The molecular weight excluding hydrogens is 727 g/mol. The number of hydrogen-bond donors (Lipinski definition) is 0. The van der Waals surface area contributed by atoms with Crippen LogP contribution in [0.2, 0.25) is 0 Å². The fraction of sp³-hybridized carbons (Fsp3) is 0. The second-order valence-corrected chi connectivity index (χ2v) is 15.3. The number of hydrogen-bond acceptors (Lipinski definition) is 2. The smallest absolute Gasteiger partial charge is 0.135 e. The van der Waals surface area contributed by atoms with Crippen molar-refractivity contribution in [2.24, 2.45) is 0 Å². The molecule has 0 aromatic heterocycles. The van der Waals surface area contributed by atoms with Crippen molar-refractivity contribution in [1.29, 1.82) is 0 Å². The van der Waals surface area contributed by atoms with E-state index >= 15 is 0 Å². The third kappa shape index (κ3) is 6.41. The van der Waals surface area contributed by atoms with Crippen LogP contribution in [0, 0.1) is 0 Å². The SMILES string of the molecule is c1ccc(-c2ccc(N(c3ccc(-c4ccccc4)cc3)c3ccc(-c4cccc5c4-c4cccc(-c6ccccc6)c4-c4cc6ccccc6cc4O5)cc3)cc2)cc1. The zero-order valence-corrected chi connectivity index (χ0v) is 32.9. The van der Waals surface area contributed by atoms with E-state index in [0.29, 0.717) is 0 Å². The largest absolute Gasteiger partial charge is 0.456 e. The number of rotatable bonds is 7. The van der Waals surface area contributed by atoms with Crippen LogP contribution in [-0.4, -0.2) is 0 Å². The Morgan fingerprint density at radius 1 is 0.250 bits per heavy atom. The first-order chi connectivity index (χ1) is 29.7. The molecule has 10 aromatic rings. The average molecular weight is 766 g/mol. The molecule has 0 unspecified atom stereocenters. The first-order valence-corrected chi connectivity index (χ1v) is 20.5. The molecule has 10 aromatic carbocycles. The van der Waals surface area contributed by atoms with Crippen LogP contribution in [0.1, 0.15) is 0 Å². The van der Waals surface area contributed by atoms with E-state index in [0.717, 1.165) is 61.8 Å². The highest BCUT2D eigenvalue weighted by Crippen LogP contribution is 2.54. The van der Waals surface area contributed by atoms with Crippen molar-refractivity contribution in [3.63, 3.8) is 0 Å². The summed E-state index contributed by atoms with van der Waals surface area (Å²) in [6, 6.07) is 84.7. The fourth-order valence-electron chi connectivity index (χ4n) is 8.77. The number of fused-ring (bicyclic) bond motifs is 6. The van der Waals surface area contributed by atoms with Gasteiger partial charge in [0.05, 0.1) is 0 Å². The van der Waals surface area contributed by atoms with Gasteiger partial charge in [-0.15, -0.1) is 0 Å². The number of anilines is 3. The normalized spacial score (nSPS) is 11.5. The Morgan fingerprint density at radius 3 is 1.20 bits per heavy atom. The lowest BCUT2D eigenvalue weighted by Gasteiger charge is -2.26. The maximum atomic E-state index is 7.00. The standard InChI is InChI=1S/C58H39NO/c1-4-14-40(15-5-1)42-26-32-48(33-27-42)59(49-34-28-43(29-35-49)41-16-6-2-7-17-41)50-36-30-45(31-37-50)52-23-13-25-55-58(52)53-24-12-22-51(44-18-8-3-9-19-44)57(53)54-38-46-20-10-11-21-47(46)39-56(54)60-55/h1-39H. The van der Waals surface area contributed by atoms with E-state index in [1.165, 1.54) is 44.3 Å². The number of benzene rings is 10. The van der Waals surface area contributed by atoms with E-state index in [1.807, 2.05) is 0 Å². The van der Waals surface area contributed by atoms with E-state index in [-0.39, 0.29) is 0 Å². The van der Waals surface area contributed by atoms with Gasteiger partial charge >= 0.3 is 0 Å². The lowest BCUT2D eigenvalue weighted by molar-refractivity contribution is 0.488. The van der Waals surface area contributed by atoms with Crippen LogP contribution in [0.5, 0.6) is 11.5 Å². The maximum Gasteiger partial charge on any atom is 0.135 e. The minimum atomic E-state index is 0.843. The molecule has 11 rings (SSSR count). The highest BCUT2D eigenvalue weighted by molar-refractivity contribution is 6.05. The van der Waals surface area contributed by atoms with Crippen LogP contribution in [0.15, 0.2) is 237 Å². The van der Waals surface area contributed by atoms with Gasteiger partial charge in [0.2, 0.25) is 0 Å². The molecular formula is C58H39NO. The summed E-state index contributed by atoms with van der Waals surface area (Å²) in [6.45, 7) is 0. The van der Waals surface area contributed by atoms with Gasteiger partial charge in [-0.25, -0.2) is 0 Å². The van der Waals surface area contributed by atoms with Gasteiger partial charge in [0, 0.05) is 33.8 Å². The topological polar surface area (TPSA) is 12.5 Å². The molecule has 1 aliphatic heterocycles. The average Bonchev–Trinajstić information content (AvgIpc) is 3.46. The van der Waals surface area contributed by atoms with Crippen LogP contribution < -0.4 is 9.64 Å². The van der Waals surface area contributed by atoms with Crippen molar-refractivity contribution in [1.82, 2.24) is 0 Å². The van der Waals surface area contributed by atoms with Gasteiger partial charge in [-0.1, -0.05) is 182 Å². The first-order valence-electron chi connectivity index (χ1n) is 20.5. The monoisotopic (exact) mass is 765 g/mol. The van der Waals surface area contributed by atoms with E-state index in [4.69, 9.17) is 4.74 Å². The molecule has 60 heavy (non-hydrogen) atoms. The third-order valence-corrected chi connectivity index (χ3v) is 11.7. The van der Waals surface area contributed by atoms with E-state index in [9.17, 15) is 0 Å². The number of ether oxygens (including phenoxy) is 1.